The van der Waals surface area contributed by atoms with E-state index in [1.807, 2.05) is 0 Å². The van der Waals surface area contributed by atoms with Crippen LogP contribution < -0.4 is 21.0 Å². The number of hydrogen-bond donors (Lipinski definition) is 1. The summed E-state index contributed by atoms with van der Waals surface area (Å²) in [6, 6.07) is 54.1. The molecule has 299 valence electrons. The molecule has 1 N–H and O–H groups in total. The van der Waals surface area contributed by atoms with Crippen molar-refractivity contribution in [1.29, 1.82) is 0 Å². The van der Waals surface area contributed by atoms with Gasteiger partial charge in [-0.1, -0.05) is 155 Å². The average molecular weight is 800 g/mol. The van der Waals surface area contributed by atoms with Crippen LogP contribution in [0.1, 0.15) is 74.1 Å². The molecule has 12 rings (SSSR count). The Morgan fingerprint density at radius 2 is 1.47 bits per heavy atom. The summed E-state index contributed by atoms with van der Waals surface area (Å²) in [5.74, 6) is 0.925. The second kappa shape index (κ2) is 13.1. The summed E-state index contributed by atoms with van der Waals surface area (Å²) in [6.45, 7) is 18.3. The molecule has 0 amide bonds. The van der Waals surface area contributed by atoms with Crippen molar-refractivity contribution in [2.75, 3.05) is 5.32 Å². The van der Waals surface area contributed by atoms with Crippen LogP contribution in [-0.2, 0) is 17.3 Å². The fraction of sp³-hybridized carbons (Fsp3) is 0.172. The highest BCUT2D eigenvalue weighted by Gasteiger charge is 2.38. The summed E-state index contributed by atoms with van der Waals surface area (Å²) < 4.78 is 9.43. The summed E-state index contributed by atoms with van der Waals surface area (Å²) in [5, 5.41) is 9.06. The first-order valence-corrected chi connectivity index (χ1v) is 22.0. The van der Waals surface area contributed by atoms with Gasteiger partial charge in [0.2, 0.25) is 0 Å². The van der Waals surface area contributed by atoms with Gasteiger partial charge in [0, 0.05) is 56.8 Å². The molecule has 0 spiro atoms. The van der Waals surface area contributed by atoms with E-state index in [2.05, 4.69) is 211 Å². The van der Waals surface area contributed by atoms with E-state index >= 15 is 0 Å². The maximum absolute atomic E-state index is 6.90. The van der Waals surface area contributed by atoms with Gasteiger partial charge in [0.15, 0.2) is 7.28 Å². The van der Waals surface area contributed by atoms with Crippen molar-refractivity contribution >= 4 is 62.2 Å². The molecule has 1 atom stereocenters. The molecule has 4 heteroatoms. The Morgan fingerprint density at radius 1 is 0.726 bits per heavy atom. The first kappa shape index (κ1) is 37.0. The smallest absolute Gasteiger partial charge is 0.197 e. The number of aryl methyl sites for hydroxylation is 1. The van der Waals surface area contributed by atoms with Gasteiger partial charge in [-0.15, -0.1) is 0 Å². The zero-order valence-electron chi connectivity index (χ0n) is 36.3. The molecule has 0 saturated heterocycles. The molecule has 9 aromatic rings. The number of anilines is 2. The van der Waals surface area contributed by atoms with Crippen LogP contribution in [0.5, 0.6) is 5.75 Å². The quantitative estimate of drug-likeness (QED) is 0.142. The highest BCUT2D eigenvalue weighted by atomic mass is 16.5. The molecule has 1 aliphatic carbocycles. The van der Waals surface area contributed by atoms with Crippen LogP contribution in [0.4, 0.5) is 11.4 Å². The van der Waals surface area contributed by atoms with E-state index in [1.165, 1.54) is 93.6 Å². The largest absolute Gasteiger partial charge is 0.481 e. The molecule has 0 fully saturated rings. The second-order valence-electron chi connectivity index (χ2n) is 19.4. The summed E-state index contributed by atoms with van der Waals surface area (Å²) in [5.41, 5.74) is 21.8. The third-order valence-electron chi connectivity index (χ3n) is 14.0. The van der Waals surface area contributed by atoms with Crippen molar-refractivity contribution < 1.29 is 4.74 Å². The maximum Gasteiger partial charge on any atom is 0.197 e. The first-order chi connectivity index (χ1) is 29.9. The Labute approximate surface area is 365 Å². The molecular formula is C58H48BN2O. The van der Waals surface area contributed by atoms with Crippen LogP contribution in [0.2, 0.25) is 0 Å². The number of nitrogens with one attached hydrogen (secondary N) is 1. The lowest BCUT2D eigenvalue weighted by Crippen LogP contribution is -2.38. The average Bonchev–Trinajstić information content (AvgIpc) is 3.72. The van der Waals surface area contributed by atoms with E-state index in [-0.39, 0.29) is 16.9 Å². The lowest BCUT2D eigenvalue weighted by atomic mass is 9.58. The van der Waals surface area contributed by atoms with Crippen LogP contribution in [-0.4, -0.2) is 11.8 Å². The van der Waals surface area contributed by atoms with Crippen LogP contribution >= 0.6 is 0 Å². The summed E-state index contributed by atoms with van der Waals surface area (Å²) in [4.78, 5) is 0. The van der Waals surface area contributed by atoms with Crippen molar-refractivity contribution in [2.45, 2.75) is 64.9 Å². The van der Waals surface area contributed by atoms with E-state index in [0.717, 1.165) is 40.4 Å². The Morgan fingerprint density at radius 3 is 2.26 bits per heavy atom. The van der Waals surface area contributed by atoms with Crippen molar-refractivity contribution in [2.24, 2.45) is 0 Å². The topological polar surface area (TPSA) is 26.2 Å². The number of benzene rings is 8. The molecule has 1 radical (unpaired) electrons. The number of aromatic nitrogens is 1. The van der Waals surface area contributed by atoms with Gasteiger partial charge in [0.1, 0.15) is 11.9 Å². The summed E-state index contributed by atoms with van der Waals surface area (Å²) >= 11 is 0. The number of rotatable bonds is 4. The molecule has 2 aliphatic heterocycles. The van der Waals surface area contributed by atoms with Gasteiger partial charge in [-0.05, 0) is 115 Å². The van der Waals surface area contributed by atoms with Crippen LogP contribution in [0.25, 0.3) is 60.5 Å². The molecule has 3 aliphatic rings. The summed E-state index contributed by atoms with van der Waals surface area (Å²) in [6.07, 6.45) is 0.572. The van der Waals surface area contributed by atoms with E-state index in [9.17, 15) is 0 Å². The van der Waals surface area contributed by atoms with Gasteiger partial charge in [0.25, 0.3) is 0 Å². The van der Waals surface area contributed by atoms with Crippen molar-refractivity contribution in [3.8, 4) is 33.7 Å². The van der Waals surface area contributed by atoms with Crippen molar-refractivity contribution in [3.63, 3.8) is 0 Å². The van der Waals surface area contributed by atoms with Gasteiger partial charge in [-0.3, -0.25) is 0 Å². The second-order valence-corrected chi connectivity index (χ2v) is 19.4. The molecular weight excluding hydrogens is 751 g/mol. The van der Waals surface area contributed by atoms with Crippen molar-refractivity contribution in [3.05, 3.63) is 191 Å². The number of fused-ring (bicyclic) bond motifs is 11. The third kappa shape index (κ3) is 5.38. The minimum absolute atomic E-state index is 0.0649. The van der Waals surface area contributed by atoms with Crippen molar-refractivity contribution in [1.82, 2.24) is 4.57 Å². The standard InChI is InChI=1S/C58H48BN2O/c1-33-21-26-49-44(27-33)53-41-19-12-11-18-40(41)52(54-55(53)61(49)50-32-51-36(29-47(50)59-54)28-34(2)56(62-51)35-15-9-8-10-16-35)43-30-42-39-17-13-14-20-45(39)58(6,7)46(42)31-48(43)60-38-24-22-37(23-25-38)57(3,4)5/h8-27,29-32,56,60H,2,28H2,1,3-7H3. The summed E-state index contributed by atoms with van der Waals surface area (Å²) in [7, 11) is 2.46. The monoisotopic (exact) mass is 799 g/mol. The van der Waals surface area contributed by atoms with Gasteiger partial charge in [-0.25, -0.2) is 0 Å². The molecule has 0 saturated carbocycles. The zero-order chi connectivity index (χ0) is 42.2. The Balaban J connectivity index is 1.15. The number of nitrogens with zero attached hydrogens (tertiary/aromatic N) is 1. The number of hydrogen-bond acceptors (Lipinski definition) is 2. The van der Waals surface area contributed by atoms with Crippen LogP contribution in [0, 0.1) is 6.92 Å². The predicted octanol–water partition coefficient (Wildman–Crippen LogP) is 13.5. The third-order valence-corrected chi connectivity index (χ3v) is 14.0. The predicted molar refractivity (Wildman–Crippen MR) is 262 cm³/mol. The molecule has 3 heterocycles. The SMILES string of the molecule is C=C1Cc2cc3c(cc2OC1c1ccccc1)-n1c2ccc(C)cc2c2c4ccccc4c(-c4cc5c(cc4Nc4ccc(C(C)(C)C)cc4)C(C)(C)c4ccccc4-5)c(c21)[B]3. The van der Waals surface area contributed by atoms with Crippen LogP contribution in [0.15, 0.2) is 158 Å². The van der Waals surface area contributed by atoms with E-state index < -0.39 is 0 Å². The van der Waals surface area contributed by atoms with Crippen LogP contribution in [0.3, 0.4) is 0 Å². The van der Waals surface area contributed by atoms with E-state index in [1.54, 1.807) is 0 Å². The van der Waals surface area contributed by atoms with E-state index in [4.69, 9.17) is 4.74 Å². The molecule has 8 aromatic carbocycles. The zero-order valence-corrected chi connectivity index (χ0v) is 36.3. The Bertz CT molecular complexity index is 3380. The Hall–Kier alpha value is -6.78. The van der Waals surface area contributed by atoms with Gasteiger partial charge < -0.3 is 14.6 Å². The highest BCUT2D eigenvalue weighted by molar-refractivity contribution is 6.74. The normalized spacial score (nSPS) is 15.8. The van der Waals surface area contributed by atoms with Gasteiger partial charge >= 0.3 is 0 Å². The minimum atomic E-state index is -0.188. The molecule has 62 heavy (non-hydrogen) atoms. The highest BCUT2D eigenvalue weighted by Crippen LogP contribution is 2.53. The lowest BCUT2D eigenvalue weighted by molar-refractivity contribution is 0.225. The fourth-order valence-electron chi connectivity index (χ4n) is 10.9. The number of ether oxygens (including phenoxy) is 1. The first-order valence-electron chi connectivity index (χ1n) is 22.0. The van der Waals surface area contributed by atoms with Gasteiger partial charge in [0.05, 0.1) is 5.52 Å². The van der Waals surface area contributed by atoms with E-state index in [0.29, 0.717) is 0 Å². The fourth-order valence-corrected chi connectivity index (χ4v) is 10.9. The lowest BCUT2D eigenvalue weighted by Gasteiger charge is -2.32. The molecule has 3 nitrogen and oxygen atoms in total. The molecule has 0 bridgehead atoms. The van der Waals surface area contributed by atoms with Gasteiger partial charge in [-0.2, -0.15) is 0 Å². The maximum atomic E-state index is 6.90. The molecule has 1 unspecified atom stereocenters. The molecule has 1 aromatic heterocycles. The minimum Gasteiger partial charge on any atom is -0.481 e. The Kier molecular flexibility index (Phi) is 7.83.